The van der Waals surface area contributed by atoms with Gasteiger partial charge in [0.25, 0.3) is 6.23 Å². The van der Waals surface area contributed by atoms with Crippen molar-refractivity contribution in [2.24, 2.45) is 5.10 Å². The number of urea groups is 1. The molecule has 1 fully saturated rings. The quantitative estimate of drug-likeness (QED) is 0.586. The highest BCUT2D eigenvalue weighted by Crippen LogP contribution is 2.30. The van der Waals surface area contributed by atoms with Gasteiger partial charge in [0.15, 0.2) is 9.84 Å². The Morgan fingerprint density at radius 1 is 1.05 bits per heavy atom. The minimum absolute atomic E-state index is 0.139. The lowest BCUT2D eigenvalue weighted by atomic mass is 10.1. The number of alkyl halides is 6. The molecule has 16 heteroatoms. The van der Waals surface area contributed by atoms with Crippen LogP contribution in [0.3, 0.4) is 0 Å². The number of halogens is 6. The summed E-state index contributed by atoms with van der Waals surface area (Å²) in [6.45, 7) is -0.534. The molecule has 0 spiro atoms. The second-order valence-corrected chi connectivity index (χ2v) is 10.5. The summed E-state index contributed by atoms with van der Waals surface area (Å²) in [5.74, 6) is -1.19. The molecule has 37 heavy (non-hydrogen) atoms. The monoisotopic (exact) mass is 551 g/mol. The van der Waals surface area contributed by atoms with Crippen molar-refractivity contribution < 1.29 is 44.3 Å². The van der Waals surface area contributed by atoms with Gasteiger partial charge in [-0.2, -0.15) is 26.3 Å². The number of amides is 2. The van der Waals surface area contributed by atoms with Crippen molar-refractivity contribution in [2.75, 3.05) is 29.5 Å². The largest absolute Gasteiger partial charge is 0.446 e. The van der Waals surface area contributed by atoms with Crippen LogP contribution in [0.15, 0.2) is 47.6 Å². The van der Waals surface area contributed by atoms with E-state index in [0.29, 0.717) is 5.56 Å². The van der Waals surface area contributed by atoms with Crippen LogP contribution < -0.4 is 10.3 Å². The highest BCUT2D eigenvalue weighted by molar-refractivity contribution is 7.91. The minimum Gasteiger partial charge on any atom is -0.441 e. The Balaban J connectivity index is 1.57. The van der Waals surface area contributed by atoms with Gasteiger partial charge in [-0.25, -0.2) is 18.2 Å². The molecule has 0 aliphatic carbocycles. The third kappa shape index (κ3) is 6.23. The van der Waals surface area contributed by atoms with Gasteiger partial charge in [0.05, 0.1) is 18.1 Å². The molecular weight excluding hydrogens is 532 g/mol. The topological polar surface area (TPSA) is 104 Å². The van der Waals surface area contributed by atoms with Gasteiger partial charge < -0.3 is 9.64 Å². The zero-order valence-electron chi connectivity index (χ0n) is 18.8. The first-order valence-corrected chi connectivity index (χ1v) is 12.5. The number of anilines is 1. The Kier molecular flexibility index (Phi) is 6.96. The van der Waals surface area contributed by atoms with E-state index >= 15 is 0 Å². The molecule has 1 aromatic heterocycles. The fourth-order valence-corrected chi connectivity index (χ4v) is 4.74. The molecule has 1 N–H and O–H groups in total. The van der Waals surface area contributed by atoms with E-state index in [0.717, 1.165) is 17.0 Å². The molecule has 9 nitrogen and oxygen atoms in total. The third-order valence-corrected chi connectivity index (χ3v) is 7.11. The summed E-state index contributed by atoms with van der Waals surface area (Å²) in [6.07, 6.45) is -11.7. The number of nitrogens with one attached hydrogen (secondary N) is 1. The van der Waals surface area contributed by atoms with E-state index in [1.54, 1.807) is 0 Å². The molecule has 0 radical (unpaired) electrons. The number of carbonyl (C=O) groups excluding carboxylic acids is 1. The normalized spacial score (nSPS) is 19.6. The molecule has 4 rings (SSSR count). The molecule has 200 valence electrons. The summed E-state index contributed by atoms with van der Waals surface area (Å²) in [5, 5.41) is 3.51. The molecule has 3 heterocycles. The highest BCUT2D eigenvalue weighted by Gasteiger charge is 2.45. The van der Waals surface area contributed by atoms with E-state index in [1.165, 1.54) is 35.2 Å². The van der Waals surface area contributed by atoms with E-state index in [4.69, 9.17) is 4.74 Å². The number of sulfone groups is 1. The van der Waals surface area contributed by atoms with Crippen LogP contribution in [-0.4, -0.2) is 67.2 Å². The van der Waals surface area contributed by atoms with Gasteiger partial charge in [-0.3, -0.25) is 10.3 Å². The first-order chi connectivity index (χ1) is 17.2. The molecule has 0 bridgehead atoms. The molecule has 2 aromatic rings. The summed E-state index contributed by atoms with van der Waals surface area (Å²) in [5.41, 5.74) is 1.20. The van der Waals surface area contributed by atoms with Crippen molar-refractivity contribution in [3.8, 4) is 0 Å². The second-order valence-electron chi connectivity index (χ2n) is 8.17. The van der Waals surface area contributed by atoms with Gasteiger partial charge in [-0.15, -0.1) is 5.10 Å². The van der Waals surface area contributed by atoms with Crippen molar-refractivity contribution in [3.63, 3.8) is 0 Å². The Hall–Kier alpha value is -3.56. The van der Waals surface area contributed by atoms with Crippen molar-refractivity contribution in [3.05, 3.63) is 59.3 Å². The first-order valence-electron chi connectivity index (χ1n) is 10.7. The van der Waals surface area contributed by atoms with Crippen LogP contribution >= 0.6 is 0 Å². The van der Waals surface area contributed by atoms with Crippen molar-refractivity contribution in [1.82, 2.24) is 15.3 Å². The van der Waals surface area contributed by atoms with E-state index in [2.05, 4.69) is 10.1 Å². The number of rotatable bonds is 4. The molecular formula is C21H19F6N5O4S. The van der Waals surface area contributed by atoms with Crippen LogP contribution in [0.5, 0.6) is 0 Å². The number of hydrogen-bond donors (Lipinski definition) is 1. The van der Waals surface area contributed by atoms with Crippen molar-refractivity contribution >= 4 is 27.6 Å². The number of aromatic nitrogens is 1. The molecule has 1 saturated heterocycles. The predicted molar refractivity (Wildman–Crippen MR) is 118 cm³/mol. The van der Waals surface area contributed by atoms with Crippen LogP contribution in [0.25, 0.3) is 0 Å². The molecule has 0 saturated carbocycles. The number of ether oxygens (including phenoxy) is 1. The van der Waals surface area contributed by atoms with Crippen LogP contribution in [0.1, 0.15) is 16.8 Å². The second kappa shape index (κ2) is 9.72. The Labute approximate surface area is 206 Å². The summed E-state index contributed by atoms with van der Waals surface area (Å²) in [4.78, 5) is 19.0. The van der Waals surface area contributed by atoms with Crippen LogP contribution in [-0.2, 0) is 27.3 Å². The number of pyridine rings is 1. The van der Waals surface area contributed by atoms with Crippen LogP contribution in [0.4, 0.5) is 37.0 Å². The Morgan fingerprint density at radius 2 is 1.70 bits per heavy atom. The average Bonchev–Trinajstić information content (AvgIpc) is 3.33. The summed E-state index contributed by atoms with van der Waals surface area (Å²) in [7, 11) is -3.33. The van der Waals surface area contributed by atoms with Gasteiger partial charge >= 0.3 is 18.4 Å². The summed E-state index contributed by atoms with van der Waals surface area (Å²) >= 11 is 0. The van der Waals surface area contributed by atoms with E-state index in [-0.39, 0.29) is 48.4 Å². The van der Waals surface area contributed by atoms with Crippen molar-refractivity contribution in [2.45, 2.75) is 25.1 Å². The molecule has 1 aromatic carbocycles. The van der Waals surface area contributed by atoms with E-state index in [9.17, 15) is 39.6 Å². The van der Waals surface area contributed by atoms with Gasteiger partial charge in [-0.1, -0.05) is 18.2 Å². The zero-order valence-corrected chi connectivity index (χ0v) is 19.6. The standard InChI is InChI=1S/C21H19F6N5O4S/c22-20(23,24)15-2-1-3-16(28-15)32(19(33)31-8-10-37(34,35)11-9-31)12-13-4-6-14(7-5-13)17-29-30-18(36-17)21(25,26)27/h1-7,18,30H,8-12H2. The Bertz CT molecular complexity index is 1280. The molecule has 2 amide bonds. The maximum atomic E-state index is 13.3. The van der Waals surface area contributed by atoms with Crippen LogP contribution in [0, 0.1) is 0 Å². The lowest BCUT2D eigenvalue weighted by Crippen LogP contribution is -2.50. The van der Waals surface area contributed by atoms with Gasteiger partial charge in [0.2, 0.25) is 5.90 Å². The maximum Gasteiger partial charge on any atom is 0.446 e. The van der Waals surface area contributed by atoms with E-state index in [1.807, 2.05) is 5.43 Å². The van der Waals surface area contributed by atoms with Gasteiger partial charge in [0.1, 0.15) is 11.5 Å². The van der Waals surface area contributed by atoms with E-state index < -0.39 is 40.1 Å². The molecule has 1 atom stereocenters. The van der Waals surface area contributed by atoms with Crippen molar-refractivity contribution in [1.29, 1.82) is 0 Å². The smallest absolute Gasteiger partial charge is 0.441 e. The number of carbonyl (C=O) groups is 1. The zero-order chi connectivity index (χ0) is 27.0. The number of hydrogen-bond acceptors (Lipinski definition) is 7. The SMILES string of the molecule is O=C(N1CCS(=O)(=O)CC1)N(Cc1ccc(C2=NNC(C(F)(F)F)O2)cc1)c1cccc(C(F)(F)F)n1. The first kappa shape index (κ1) is 26.5. The molecule has 2 aliphatic heterocycles. The van der Waals surface area contributed by atoms with Gasteiger partial charge in [0, 0.05) is 18.7 Å². The lowest BCUT2D eigenvalue weighted by Gasteiger charge is -2.32. The minimum atomic E-state index is -4.77. The molecule has 1 unspecified atom stereocenters. The Morgan fingerprint density at radius 3 is 2.27 bits per heavy atom. The number of hydrazone groups is 1. The highest BCUT2D eigenvalue weighted by atomic mass is 32.2. The van der Waals surface area contributed by atoms with Crippen LogP contribution in [0.2, 0.25) is 0 Å². The average molecular weight is 551 g/mol. The summed E-state index contributed by atoms with van der Waals surface area (Å²) in [6, 6.07) is 7.95. The predicted octanol–water partition coefficient (Wildman–Crippen LogP) is 3.13. The third-order valence-electron chi connectivity index (χ3n) is 5.50. The fraction of sp³-hybridized carbons (Fsp3) is 0.381. The number of nitrogens with zero attached hydrogens (tertiary/aromatic N) is 4. The summed E-state index contributed by atoms with van der Waals surface area (Å²) < 4.78 is 106. The molecule has 2 aliphatic rings. The van der Waals surface area contributed by atoms with Gasteiger partial charge in [-0.05, 0) is 29.8 Å². The lowest BCUT2D eigenvalue weighted by molar-refractivity contribution is -0.201. The number of benzene rings is 1. The maximum absolute atomic E-state index is 13.3. The fourth-order valence-electron chi connectivity index (χ4n) is 3.54.